The lowest BCUT2D eigenvalue weighted by Gasteiger charge is -2.39. The van der Waals surface area contributed by atoms with Gasteiger partial charge >= 0.3 is 0 Å². The summed E-state index contributed by atoms with van der Waals surface area (Å²) < 4.78 is 0. The van der Waals surface area contributed by atoms with E-state index in [2.05, 4.69) is 54.2 Å². The Morgan fingerprint density at radius 2 is 2.16 bits per heavy atom. The SMILES string of the molecule is CCNCc1ccc(N2CCN(C)C(C)C2)c(Cl)c1. The molecule has 1 saturated heterocycles. The van der Waals surface area contributed by atoms with E-state index in [-0.39, 0.29) is 0 Å². The fourth-order valence-electron chi connectivity index (χ4n) is 2.45. The minimum atomic E-state index is 0.575. The molecular weight excluding hydrogens is 258 g/mol. The van der Waals surface area contributed by atoms with Crippen molar-refractivity contribution < 1.29 is 0 Å². The molecule has 1 fully saturated rings. The zero-order valence-corrected chi connectivity index (χ0v) is 12.9. The van der Waals surface area contributed by atoms with Crippen LogP contribution in [0.5, 0.6) is 0 Å². The fraction of sp³-hybridized carbons (Fsp3) is 0.600. The summed E-state index contributed by atoms with van der Waals surface area (Å²) in [5.41, 5.74) is 2.42. The lowest BCUT2D eigenvalue weighted by Crippen LogP contribution is -2.50. The van der Waals surface area contributed by atoms with E-state index in [0.717, 1.165) is 37.7 Å². The molecule has 3 nitrogen and oxygen atoms in total. The van der Waals surface area contributed by atoms with Gasteiger partial charge in [-0.2, -0.15) is 0 Å². The third kappa shape index (κ3) is 3.62. The van der Waals surface area contributed by atoms with Crippen LogP contribution in [-0.4, -0.2) is 44.2 Å². The predicted molar refractivity (Wildman–Crippen MR) is 83.1 cm³/mol. The summed E-state index contributed by atoms with van der Waals surface area (Å²) in [6.45, 7) is 9.43. The largest absolute Gasteiger partial charge is 0.367 e. The van der Waals surface area contributed by atoms with Crippen molar-refractivity contribution in [3.05, 3.63) is 28.8 Å². The van der Waals surface area contributed by atoms with Crippen molar-refractivity contribution in [1.82, 2.24) is 10.2 Å². The van der Waals surface area contributed by atoms with E-state index >= 15 is 0 Å². The third-order valence-electron chi connectivity index (χ3n) is 3.89. The van der Waals surface area contributed by atoms with Crippen molar-refractivity contribution >= 4 is 17.3 Å². The van der Waals surface area contributed by atoms with Gasteiger partial charge in [-0.3, -0.25) is 0 Å². The zero-order valence-electron chi connectivity index (χ0n) is 12.1. The van der Waals surface area contributed by atoms with E-state index in [1.165, 1.54) is 11.3 Å². The maximum atomic E-state index is 6.44. The molecular formula is C15H24ClN3. The molecule has 1 heterocycles. The highest BCUT2D eigenvalue weighted by Crippen LogP contribution is 2.28. The Bertz CT molecular complexity index is 422. The summed E-state index contributed by atoms with van der Waals surface area (Å²) in [6.07, 6.45) is 0. The maximum absolute atomic E-state index is 6.44. The van der Waals surface area contributed by atoms with Gasteiger partial charge in [0.15, 0.2) is 0 Å². The molecule has 0 amide bonds. The first-order valence-corrected chi connectivity index (χ1v) is 7.44. The van der Waals surface area contributed by atoms with Crippen molar-refractivity contribution in [2.45, 2.75) is 26.4 Å². The average molecular weight is 282 g/mol. The minimum absolute atomic E-state index is 0.575. The number of nitrogens with one attached hydrogen (secondary N) is 1. The Labute approximate surface area is 121 Å². The van der Waals surface area contributed by atoms with Crippen molar-refractivity contribution in [3.8, 4) is 0 Å². The topological polar surface area (TPSA) is 18.5 Å². The van der Waals surface area contributed by atoms with Gasteiger partial charge in [0.25, 0.3) is 0 Å². The van der Waals surface area contributed by atoms with Gasteiger partial charge in [0.05, 0.1) is 10.7 Å². The third-order valence-corrected chi connectivity index (χ3v) is 4.19. The van der Waals surface area contributed by atoms with Gasteiger partial charge in [0.1, 0.15) is 0 Å². The summed E-state index contributed by atoms with van der Waals surface area (Å²) in [4.78, 5) is 4.79. The number of benzene rings is 1. The smallest absolute Gasteiger partial charge is 0.0642 e. The molecule has 0 aliphatic carbocycles. The van der Waals surface area contributed by atoms with Crippen molar-refractivity contribution in [2.24, 2.45) is 0 Å². The van der Waals surface area contributed by atoms with Crippen LogP contribution in [0.1, 0.15) is 19.4 Å². The van der Waals surface area contributed by atoms with Gasteiger partial charge in [0.2, 0.25) is 0 Å². The molecule has 2 rings (SSSR count). The van der Waals surface area contributed by atoms with Crippen LogP contribution in [0.4, 0.5) is 5.69 Å². The van der Waals surface area contributed by atoms with E-state index in [1.54, 1.807) is 0 Å². The second-order valence-corrected chi connectivity index (χ2v) is 5.75. The molecule has 0 aromatic heterocycles. The first kappa shape index (κ1) is 14.6. The Balaban J connectivity index is 2.08. The number of rotatable bonds is 4. The highest BCUT2D eigenvalue weighted by Gasteiger charge is 2.22. The minimum Gasteiger partial charge on any atom is -0.367 e. The van der Waals surface area contributed by atoms with Crippen LogP contribution in [0.15, 0.2) is 18.2 Å². The molecule has 106 valence electrons. The van der Waals surface area contributed by atoms with Crippen LogP contribution >= 0.6 is 11.6 Å². The van der Waals surface area contributed by atoms with E-state index in [0.29, 0.717) is 6.04 Å². The molecule has 1 aliphatic heterocycles. The number of hydrogen-bond donors (Lipinski definition) is 1. The molecule has 1 atom stereocenters. The quantitative estimate of drug-likeness (QED) is 0.915. The van der Waals surface area contributed by atoms with Crippen molar-refractivity contribution in [1.29, 1.82) is 0 Å². The van der Waals surface area contributed by atoms with Crippen LogP contribution in [0.3, 0.4) is 0 Å². The van der Waals surface area contributed by atoms with Crippen molar-refractivity contribution in [2.75, 3.05) is 38.1 Å². The molecule has 19 heavy (non-hydrogen) atoms. The monoisotopic (exact) mass is 281 g/mol. The standard InChI is InChI=1S/C15H24ClN3/c1-4-17-10-13-5-6-15(14(16)9-13)19-8-7-18(3)12(2)11-19/h5-6,9,12,17H,4,7-8,10-11H2,1-3H3. The molecule has 0 bridgehead atoms. The molecule has 1 N–H and O–H groups in total. The molecule has 1 unspecified atom stereocenters. The molecule has 0 saturated carbocycles. The average Bonchev–Trinajstić information content (AvgIpc) is 2.40. The van der Waals surface area contributed by atoms with E-state index < -0.39 is 0 Å². The normalized spacial score (nSPS) is 20.8. The summed E-state index contributed by atoms with van der Waals surface area (Å²) in [6, 6.07) is 6.99. The van der Waals surface area contributed by atoms with Gasteiger partial charge in [-0.05, 0) is 38.2 Å². The Hall–Kier alpha value is -0.770. The van der Waals surface area contributed by atoms with Crippen LogP contribution < -0.4 is 10.2 Å². The second kappa shape index (κ2) is 6.60. The van der Waals surface area contributed by atoms with Crippen molar-refractivity contribution in [3.63, 3.8) is 0 Å². The molecule has 4 heteroatoms. The van der Waals surface area contributed by atoms with Gasteiger partial charge in [-0.1, -0.05) is 24.6 Å². The van der Waals surface area contributed by atoms with Gasteiger partial charge in [0, 0.05) is 32.2 Å². The molecule has 0 spiro atoms. The lowest BCUT2D eigenvalue weighted by molar-refractivity contribution is 0.234. The number of nitrogens with zero attached hydrogens (tertiary/aromatic N) is 2. The lowest BCUT2D eigenvalue weighted by atomic mass is 10.1. The fourth-order valence-corrected chi connectivity index (χ4v) is 2.78. The summed E-state index contributed by atoms with van der Waals surface area (Å²) in [5.74, 6) is 0. The summed E-state index contributed by atoms with van der Waals surface area (Å²) in [5, 5.41) is 4.19. The first-order valence-electron chi connectivity index (χ1n) is 7.06. The Morgan fingerprint density at radius 3 is 2.79 bits per heavy atom. The Kier molecular flexibility index (Phi) is 5.08. The zero-order chi connectivity index (χ0) is 13.8. The number of piperazine rings is 1. The molecule has 1 aliphatic rings. The summed E-state index contributed by atoms with van der Waals surface area (Å²) >= 11 is 6.44. The highest BCUT2D eigenvalue weighted by molar-refractivity contribution is 6.33. The van der Waals surface area contributed by atoms with E-state index in [9.17, 15) is 0 Å². The predicted octanol–water partition coefficient (Wildman–Crippen LogP) is 2.59. The maximum Gasteiger partial charge on any atom is 0.0642 e. The van der Waals surface area contributed by atoms with Crippen LogP contribution in [-0.2, 0) is 6.54 Å². The second-order valence-electron chi connectivity index (χ2n) is 5.34. The van der Waals surface area contributed by atoms with E-state index in [1.807, 2.05) is 0 Å². The van der Waals surface area contributed by atoms with E-state index in [4.69, 9.17) is 11.6 Å². The van der Waals surface area contributed by atoms with Gasteiger partial charge < -0.3 is 15.1 Å². The number of halogens is 1. The first-order chi connectivity index (χ1) is 9.11. The van der Waals surface area contributed by atoms with Crippen LogP contribution in [0.2, 0.25) is 5.02 Å². The highest BCUT2D eigenvalue weighted by atomic mass is 35.5. The summed E-state index contributed by atoms with van der Waals surface area (Å²) in [7, 11) is 2.18. The number of hydrogen-bond acceptors (Lipinski definition) is 3. The Morgan fingerprint density at radius 1 is 1.37 bits per heavy atom. The molecule has 1 aromatic carbocycles. The molecule has 1 aromatic rings. The van der Waals surface area contributed by atoms with Crippen LogP contribution in [0, 0.1) is 0 Å². The number of anilines is 1. The number of likely N-dealkylation sites (N-methyl/N-ethyl adjacent to an activating group) is 1. The molecule has 0 radical (unpaired) electrons. The van der Waals surface area contributed by atoms with Crippen LogP contribution in [0.25, 0.3) is 0 Å². The van der Waals surface area contributed by atoms with Gasteiger partial charge in [-0.15, -0.1) is 0 Å². The van der Waals surface area contributed by atoms with Gasteiger partial charge in [-0.25, -0.2) is 0 Å².